The minimum absolute atomic E-state index is 0.310. The molecule has 1 aliphatic rings. The summed E-state index contributed by atoms with van der Waals surface area (Å²) in [4.78, 5) is 15.8. The van der Waals surface area contributed by atoms with Crippen molar-refractivity contribution in [2.24, 2.45) is 0 Å². The van der Waals surface area contributed by atoms with Crippen LogP contribution >= 0.6 is 0 Å². The van der Waals surface area contributed by atoms with Gasteiger partial charge in [0.25, 0.3) is 0 Å². The third-order valence-corrected chi connectivity index (χ3v) is 7.47. The van der Waals surface area contributed by atoms with E-state index >= 15 is 0 Å². The van der Waals surface area contributed by atoms with E-state index in [4.69, 9.17) is 5.10 Å². The van der Waals surface area contributed by atoms with Gasteiger partial charge in [-0.2, -0.15) is 5.10 Å². The quantitative estimate of drug-likeness (QED) is 0.275. The second-order valence-electron chi connectivity index (χ2n) is 9.96. The van der Waals surface area contributed by atoms with Crippen LogP contribution in [-0.2, 0) is 13.0 Å². The number of carbonyl (C=O) groups excluding carboxylic acids is 1. The fraction of sp³-hybridized carbons (Fsp3) is 0.188. The van der Waals surface area contributed by atoms with E-state index in [1.165, 1.54) is 11.6 Å². The topological polar surface area (TPSA) is 55.1 Å². The molecule has 6 rings (SSSR count). The zero-order chi connectivity index (χ0) is 27.1. The first-order chi connectivity index (χ1) is 18.9. The average Bonchev–Trinajstić information content (AvgIpc) is 3.51. The highest BCUT2D eigenvalue weighted by molar-refractivity contribution is 5.90. The van der Waals surface area contributed by atoms with Gasteiger partial charge in [-0.3, -0.25) is 0 Å². The summed E-state index contributed by atoms with van der Waals surface area (Å²) in [7, 11) is 0. The standard InChI is InChI=1S/C32H30FN5O/c1-4-23-13-15-24(16-14-23)30-29-11-8-18-36(29)31-27(22(3)35-38(31)26-9-6-5-7-10-26)20-37(30)32(39)34-25-17-12-21(2)28(33)19-25/h5-19,30H,4,20H2,1-3H3,(H,34,39). The number of aromatic nitrogens is 3. The number of hydrogen-bond acceptors (Lipinski definition) is 2. The van der Waals surface area contributed by atoms with Crippen LogP contribution in [-0.4, -0.2) is 25.3 Å². The van der Waals surface area contributed by atoms with E-state index in [1.807, 2.05) is 59.1 Å². The minimum atomic E-state index is -0.378. The summed E-state index contributed by atoms with van der Waals surface area (Å²) in [5, 5.41) is 7.84. The lowest BCUT2D eigenvalue weighted by molar-refractivity contribution is 0.194. The van der Waals surface area contributed by atoms with Gasteiger partial charge >= 0.3 is 6.03 Å². The van der Waals surface area contributed by atoms with E-state index < -0.39 is 0 Å². The maximum absolute atomic E-state index is 14.3. The first-order valence-electron chi connectivity index (χ1n) is 13.2. The zero-order valence-electron chi connectivity index (χ0n) is 22.2. The number of fused-ring (bicyclic) bond motifs is 3. The molecule has 3 heterocycles. The second kappa shape index (κ2) is 9.91. The van der Waals surface area contributed by atoms with Gasteiger partial charge in [-0.05, 0) is 73.4 Å². The van der Waals surface area contributed by atoms with Crippen molar-refractivity contribution in [1.29, 1.82) is 0 Å². The van der Waals surface area contributed by atoms with Gasteiger partial charge in [-0.25, -0.2) is 13.9 Å². The minimum Gasteiger partial charge on any atom is -0.308 e. The van der Waals surface area contributed by atoms with Crippen molar-refractivity contribution in [3.05, 3.63) is 131 Å². The molecule has 39 heavy (non-hydrogen) atoms. The van der Waals surface area contributed by atoms with Gasteiger partial charge in [-0.1, -0.05) is 55.5 Å². The van der Waals surface area contributed by atoms with Gasteiger partial charge < -0.3 is 14.8 Å². The second-order valence-corrected chi connectivity index (χ2v) is 9.96. The highest BCUT2D eigenvalue weighted by Crippen LogP contribution is 2.39. The smallest absolute Gasteiger partial charge is 0.308 e. The first kappa shape index (κ1) is 24.7. The van der Waals surface area contributed by atoms with Crippen molar-refractivity contribution >= 4 is 11.7 Å². The monoisotopic (exact) mass is 519 g/mol. The number of rotatable bonds is 4. The SMILES string of the molecule is CCc1ccc(C2c3cccn3-c3c(c(C)nn3-c3ccccc3)CN2C(=O)Nc2ccc(C)c(F)c2)cc1. The molecule has 7 heteroatoms. The van der Waals surface area contributed by atoms with Crippen LogP contribution in [0.1, 0.15) is 46.6 Å². The fourth-order valence-electron chi connectivity index (χ4n) is 5.30. The molecule has 2 amide bonds. The van der Waals surface area contributed by atoms with Crippen molar-refractivity contribution < 1.29 is 9.18 Å². The van der Waals surface area contributed by atoms with E-state index in [1.54, 1.807) is 19.1 Å². The summed E-state index contributed by atoms with van der Waals surface area (Å²) in [6, 6.07) is 26.6. The van der Waals surface area contributed by atoms with Crippen molar-refractivity contribution in [3.63, 3.8) is 0 Å². The molecular formula is C32H30FN5O. The van der Waals surface area contributed by atoms with Gasteiger partial charge in [0, 0.05) is 17.4 Å². The van der Waals surface area contributed by atoms with Crippen LogP contribution in [0, 0.1) is 19.7 Å². The number of urea groups is 1. The van der Waals surface area contributed by atoms with Crippen molar-refractivity contribution in [1.82, 2.24) is 19.2 Å². The van der Waals surface area contributed by atoms with Gasteiger partial charge in [0.2, 0.25) is 0 Å². The van der Waals surface area contributed by atoms with E-state index in [-0.39, 0.29) is 17.9 Å². The number of benzene rings is 3. The number of carbonyl (C=O) groups is 1. The molecule has 3 aromatic carbocycles. The Balaban J connectivity index is 1.52. The van der Waals surface area contributed by atoms with Crippen molar-refractivity contribution in [3.8, 4) is 11.5 Å². The number of anilines is 1. The number of aryl methyl sites for hydroxylation is 3. The maximum Gasteiger partial charge on any atom is 0.322 e. The summed E-state index contributed by atoms with van der Waals surface area (Å²) in [6.45, 7) is 6.13. The maximum atomic E-state index is 14.3. The van der Waals surface area contributed by atoms with Crippen LogP contribution in [0.4, 0.5) is 14.9 Å². The third kappa shape index (κ3) is 4.40. The molecule has 0 fully saturated rings. The predicted octanol–water partition coefficient (Wildman–Crippen LogP) is 7.12. The van der Waals surface area contributed by atoms with E-state index in [9.17, 15) is 9.18 Å². The summed E-state index contributed by atoms with van der Waals surface area (Å²) in [5.74, 6) is 0.553. The van der Waals surface area contributed by atoms with Crippen LogP contribution in [0.15, 0.2) is 91.1 Å². The number of amides is 2. The van der Waals surface area contributed by atoms with Crippen molar-refractivity contribution in [2.75, 3.05) is 5.32 Å². The number of nitrogens with one attached hydrogen (secondary N) is 1. The molecule has 6 nitrogen and oxygen atoms in total. The van der Waals surface area contributed by atoms with E-state index in [0.717, 1.165) is 40.4 Å². The van der Waals surface area contributed by atoms with Gasteiger partial charge in [-0.15, -0.1) is 0 Å². The van der Waals surface area contributed by atoms with Gasteiger partial charge in [0.1, 0.15) is 11.6 Å². The largest absolute Gasteiger partial charge is 0.322 e. The van der Waals surface area contributed by atoms with Crippen LogP contribution in [0.3, 0.4) is 0 Å². The number of para-hydroxylation sites is 1. The molecule has 1 unspecified atom stereocenters. The Morgan fingerprint density at radius 1 is 1.00 bits per heavy atom. The zero-order valence-corrected chi connectivity index (χ0v) is 22.2. The van der Waals surface area contributed by atoms with Crippen molar-refractivity contribution in [2.45, 2.75) is 39.8 Å². The number of nitrogens with zero attached hydrogens (tertiary/aromatic N) is 4. The molecule has 5 aromatic rings. The predicted molar refractivity (Wildman–Crippen MR) is 151 cm³/mol. The van der Waals surface area contributed by atoms with Gasteiger partial charge in [0.15, 0.2) is 0 Å². The fourth-order valence-corrected chi connectivity index (χ4v) is 5.30. The molecule has 2 aromatic heterocycles. The first-order valence-corrected chi connectivity index (χ1v) is 13.2. The molecular weight excluding hydrogens is 489 g/mol. The summed E-state index contributed by atoms with van der Waals surface area (Å²) >= 11 is 0. The highest BCUT2D eigenvalue weighted by Gasteiger charge is 2.36. The Morgan fingerprint density at radius 2 is 1.77 bits per heavy atom. The summed E-state index contributed by atoms with van der Waals surface area (Å²) in [5.41, 5.74) is 6.86. The molecule has 0 aliphatic carbocycles. The molecule has 1 aliphatic heterocycles. The number of hydrogen-bond donors (Lipinski definition) is 1. The molecule has 0 saturated heterocycles. The Kier molecular flexibility index (Phi) is 6.27. The molecule has 1 N–H and O–H groups in total. The molecule has 0 spiro atoms. The Morgan fingerprint density at radius 3 is 2.49 bits per heavy atom. The van der Waals surface area contributed by atoms with E-state index in [0.29, 0.717) is 17.8 Å². The molecule has 0 bridgehead atoms. The summed E-state index contributed by atoms with van der Waals surface area (Å²) < 4.78 is 18.4. The lowest BCUT2D eigenvalue weighted by Crippen LogP contribution is -2.38. The van der Waals surface area contributed by atoms with E-state index in [2.05, 4.69) is 47.1 Å². The Labute approximate surface area is 227 Å². The van der Waals surface area contributed by atoms with Crippen LogP contribution in [0.5, 0.6) is 0 Å². The normalized spacial score (nSPS) is 14.5. The average molecular weight is 520 g/mol. The Hall–Kier alpha value is -4.65. The Bertz CT molecular complexity index is 1650. The molecule has 0 radical (unpaired) electrons. The third-order valence-electron chi connectivity index (χ3n) is 7.47. The lowest BCUT2D eigenvalue weighted by atomic mass is 9.99. The van der Waals surface area contributed by atoms with Crippen LogP contribution < -0.4 is 5.32 Å². The van der Waals surface area contributed by atoms with Crippen LogP contribution in [0.2, 0.25) is 0 Å². The highest BCUT2D eigenvalue weighted by atomic mass is 19.1. The van der Waals surface area contributed by atoms with Crippen LogP contribution in [0.25, 0.3) is 11.5 Å². The molecule has 196 valence electrons. The lowest BCUT2D eigenvalue weighted by Gasteiger charge is -2.31. The summed E-state index contributed by atoms with van der Waals surface area (Å²) in [6.07, 6.45) is 2.96. The number of halogens is 1. The molecule has 1 atom stereocenters. The van der Waals surface area contributed by atoms with Gasteiger partial charge in [0.05, 0.1) is 29.7 Å². The molecule has 0 saturated carbocycles.